The van der Waals surface area contributed by atoms with E-state index < -0.39 is 5.97 Å². The molecule has 0 saturated heterocycles. The van der Waals surface area contributed by atoms with Gasteiger partial charge in [-0.1, -0.05) is 30.3 Å². The van der Waals surface area contributed by atoms with Gasteiger partial charge < -0.3 is 14.2 Å². The van der Waals surface area contributed by atoms with Crippen LogP contribution in [0.4, 0.5) is 0 Å². The summed E-state index contributed by atoms with van der Waals surface area (Å²) in [6, 6.07) is 19.2. The fraction of sp³-hybridized carbons (Fsp3) is 0.0833. The van der Waals surface area contributed by atoms with E-state index in [0.717, 1.165) is 5.56 Å². The van der Waals surface area contributed by atoms with E-state index in [1.165, 1.54) is 0 Å². The largest absolute Gasteiger partial charge is 0.497 e. The summed E-state index contributed by atoms with van der Waals surface area (Å²) in [6.45, 7) is 1.85. The lowest BCUT2D eigenvalue weighted by Crippen LogP contribution is -2.10. The fourth-order valence-electron chi connectivity index (χ4n) is 3.08. The van der Waals surface area contributed by atoms with E-state index in [4.69, 9.17) is 14.2 Å². The molecule has 0 bridgehead atoms. The normalized spacial score (nSPS) is 13.7. The van der Waals surface area contributed by atoms with Gasteiger partial charge in [-0.05, 0) is 54.5 Å². The summed E-state index contributed by atoms with van der Waals surface area (Å²) in [5, 5.41) is 0. The Morgan fingerprint density at radius 2 is 1.79 bits per heavy atom. The van der Waals surface area contributed by atoms with Crippen molar-refractivity contribution in [1.29, 1.82) is 0 Å². The first kappa shape index (κ1) is 18.5. The van der Waals surface area contributed by atoms with Crippen LogP contribution in [0.3, 0.4) is 0 Å². The Morgan fingerprint density at radius 1 is 0.966 bits per heavy atom. The number of Topliss-reactive ketones (excluding diaryl/α,β-unsaturated/α-hetero) is 1. The van der Waals surface area contributed by atoms with E-state index in [9.17, 15) is 9.59 Å². The van der Waals surface area contributed by atoms with Crippen molar-refractivity contribution in [2.45, 2.75) is 6.92 Å². The lowest BCUT2D eigenvalue weighted by Gasteiger charge is -2.07. The number of ether oxygens (including phenoxy) is 3. The smallest absolute Gasteiger partial charge is 0.343 e. The van der Waals surface area contributed by atoms with Crippen LogP contribution >= 0.6 is 0 Å². The Bertz CT molecular complexity index is 1140. The highest BCUT2D eigenvalue weighted by molar-refractivity contribution is 6.14. The Morgan fingerprint density at radius 3 is 2.59 bits per heavy atom. The number of carbonyl (C=O) groups is 2. The van der Waals surface area contributed by atoms with Gasteiger partial charge in [0.15, 0.2) is 5.76 Å². The lowest BCUT2D eigenvalue weighted by atomic mass is 10.1. The molecule has 29 heavy (non-hydrogen) atoms. The van der Waals surface area contributed by atoms with E-state index >= 15 is 0 Å². The first-order valence-corrected chi connectivity index (χ1v) is 9.05. The Labute approximate surface area is 168 Å². The van der Waals surface area contributed by atoms with Gasteiger partial charge in [0, 0.05) is 6.07 Å². The molecular weight excluding hydrogens is 368 g/mol. The topological polar surface area (TPSA) is 61.8 Å². The molecule has 4 rings (SSSR count). The molecule has 1 aliphatic heterocycles. The first-order chi connectivity index (χ1) is 14.0. The maximum Gasteiger partial charge on any atom is 0.343 e. The maximum atomic E-state index is 12.6. The minimum absolute atomic E-state index is 0.204. The SMILES string of the molecule is COc1ccc2c(c1)O/C(=C\c1cccc(OC(=O)c3ccccc3C)c1)C2=O. The lowest BCUT2D eigenvalue weighted by molar-refractivity contribution is 0.0733. The van der Waals surface area contributed by atoms with Gasteiger partial charge in [-0.2, -0.15) is 0 Å². The summed E-state index contributed by atoms with van der Waals surface area (Å²) in [5.41, 5.74) is 2.52. The van der Waals surface area contributed by atoms with Crippen LogP contribution in [0.2, 0.25) is 0 Å². The van der Waals surface area contributed by atoms with Crippen LogP contribution in [-0.2, 0) is 0 Å². The van der Waals surface area contributed by atoms with Gasteiger partial charge in [-0.15, -0.1) is 0 Å². The van der Waals surface area contributed by atoms with Crippen LogP contribution < -0.4 is 14.2 Å². The zero-order chi connectivity index (χ0) is 20.4. The number of allylic oxidation sites excluding steroid dienone is 1. The second kappa shape index (κ2) is 7.64. The average molecular weight is 386 g/mol. The average Bonchev–Trinajstić information content (AvgIpc) is 3.03. The molecule has 0 atom stereocenters. The van der Waals surface area contributed by atoms with Crippen molar-refractivity contribution in [3.63, 3.8) is 0 Å². The molecule has 1 aliphatic rings. The van der Waals surface area contributed by atoms with Crippen LogP contribution in [0.5, 0.6) is 17.2 Å². The Kier molecular flexibility index (Phi) is 4.87. The molecule has 0 aliphatic carbocycles. The second-order valence-electron chi connectivity index (χ2n) is 6.58. The number of esters is 1. The van der Waals surface area contributed by atoms with E-state index in [2.05, 4.69) is 0 Å². The van der Waals surface area contributed by atoms with Crippen LogP contribution in [0, 0.1) is 6.92 Å². The highest BCUT2D eigenvalue weighted by Crippen LogP contribution is 2.35. The molecule has 3 aromatic carbocycles. The van der Waals surface area contributed by atoms with Crippen molar-refractivity contribution in [3.8, 4) is 17.2 Å². The van der Waals surface area contributed by atoms with Gasteiger partial charge in [0.05, 0.1) is 18.2 Å². The van der Waals surface area contributed by atoms with Crippen LogP contribution in [-0.4, -0.2) is 18.9 Å². The number of benzene rings is 3. The van der Waals surface area contributed by atoms with Gasteiger partial charge in [-0.25, -0.2) is 4.79 Å². The molecule has 0 spiro atoms. The molecule has 0 radical (unpaired) electrons. The summed E-state index contributed by atoms with van der Waals surface area (Å²) in [5.74, 6) is 1.03. The van der Waals surface area contributed by atoms with Gasteiger partial charge in [0.1, 0.15) is 17.2 Å². The van der Waals surface area contributed by atoms with Gasteiger partial charge in [0.25, 0.3) is 0 Å². The first-order valence-electron chi connectivity index (χ1n) is 9.05. The highest BCUT2D eigenvalue weighted by Gasteiger charge is 2.27. The van der Waals surface area contributed by atoms with Crippen LogP contribution in [0.15, 0.2) is 72.5 Å². The van der Waals surface area contributed by atoms with Crippen molar-refractivity contribution >= 4 is 17.8 Å². The molecule has 0 unspecified atom stereocenters. The minimum atomic E-state index is -0.430. The van der Waals surface area contributed by atoms with Crippen LogP contribution in [0.25, 0.3) is 6.08 Å². The molecule has 5 heteroatoms. The molecule has 0 amide bonds. The molecular formula is C24H18O5. The molecule has 0 fully saturated rings. The predicted molar refractivity (Wildman–Crippen MR) is 109 cm³/mol. The van der Waals surface area contributed by atoms with Gasteiger partial charge in [-0.3, -0.25) is 4.79 Å². The van der Waals surface area contributed by atoms with Crippen molar-refractivity contribution in [1.82, 2.24) is 0 Å². The zero-order valence-corrected chi connectivity index (χ0v) is 16.0. The fourth-order valence-corrected chi connectivity index (χ4v) is 3.08. The summed E-state index contributed by atoms with van der Waals surface area (Å²) in [6.07, 6.45) is 1.62. The van der Waals surface area contributed by atoms with Crippen molar-refractivity contribution in [3.05, 3.63) is 94.7 Å². The Hall–Kier alpha value is -3.86. The third-order valence-electron chi connectivity index (χ3n) is 4.61. The summed E-state index contributed by atoms with van der Waals surface area (Å²) < 4.78 is 16.4. The monoisotopic (exact) mass is 386 g/mol. The second-order valence-corrected chi connectivity index (χ2v) is 6.58. The van der Waals surface area contributed by atoms with E-state index in [0.29, 0.717) is 33.9 Å². The minimum Gasteiger partial charge on any atom is -0.497 e. The summed E-state index contributed by atoms with van der Waals surface area (Å²) in [7, 11) is 1.55. The number of carbonyl (C=O) groups excluding carboxylic acids is 2. The third kappa shape index (κ3) is 3.75. The number of hydrogen-bond donors (Lipinski definition) is 0. The number of ketones is 1. The number of aryl methyl sites for hydroxylation is 1. The Balaban J connectivity index is 1.56. The molecule has 1 heterocycles. The molecule has 144 valence electrons. The number of hydrogen-bond acceptors (Lipinski definition) is 5. The molecule has 5 nitrogen and oxygen atoms in total. The van der Waals surface area contributed by atoms with Crippen molar-refractivity contribution in [2.24, 2.45) is 0 Å². The standard InChI is InChI=1S/C24H18O5/c1-15-6-3-4-9-19(15)24(26)28-18-8-5-7-16(12-18)13-22-23(25)20-11-10-17(27-2)14-21(20)29-22/h3-14H,1-2H3/b22-13-. The summed E-state index contributed by atoms with van der Waals surface area (Å²) in [4.78, 5) is 25.0. The van der Waals surface area contributed by atoms with Crippen LogP contribution in [0.1, 0.15) is 31.8 Å². The number of rotatable bonds is 4. The van der Waals surface area contributed by atoms with Crippen molar-refractivity contribution in [2.75, 3.05) is 7.11 Å². The zero-order valence-electron chi connectivity index (χ0n) is 16.0. The number of methoxy groups -OCH3 is 1. The van der Waals surface area contributed by atoms with E-state index in [1.807, 2.05) is 19.1 Å². The van der Waals surface area contributed by atoms with E-state index in [-0.39, 0.29) is 11.5 Å². The predicted octanol–water partition coefficient (Wildman–Crippen LogP) is 4.84. The quantitative estimate of drug-likeness (QED) is 0.365. The molecule has 0 N–H and O–H groups in total. The molecule has 0 saturated carbocycles. The van der Waals surface area contributed by atoms with Crippen molar-refractivity contribution < 1.29 is 23.8 Å². The molecule has 3 aromatic rings. The summed E-state index contributed by atoms with van der Waals surface area (Å²) >= 11 is 0. The van der Waals surface area contributed by atoms with Gasteiger partial charge >= 0.3 is 5.97 Å². The van der Waals surface area contributed by atoms with E-state index in [1.54, 1.807) is 67.8 Å². The number of fused-ring (bicyclic) bond motifs is 1. The third-order valence-corrected chi connectivity index (χ3v) is 4.61. The highest BCUT2D eigenvalue weighted by atomic mass is 16.5. The maximum absolute atomic E-state index is 12.6. The van der Waals surface area contributed by atoms with Gasteiger partial charge in [0.2, 0.25) is 5.78 Å². The molecule has 0 aromatic heterocycles.